The molecule has 5 atom stereocenters. The zero-order chi connectivity index (χ0) is 12.4. The van der Waals surface area contributed by atoms with E-state index >= 15 is 0 Å². The van der Waals surface area contributed by atoms with Crippen LogP contribution in [0.25, 0.3) is 0 Å². The second-order valence-corrected chi connectivity index (χ2v) is 6.85. The lowest BCUT2D eigenvalue weighted by atomic mass is 9.96. The molecule has 0 amide bonds. The van der Waals surface area contributed by atoms with Crippen LogP contribution in [0.4, 0.5) is 0 Å². The van der Waals surface area contributed by atoms with Crippen LogP contribution in [0.1, 0.15) is 31.0 Å². The number of nitrogens with two attached hydrogens (primary N) is 1. The molecular weight excluding hydrogens is 294 g/mol. The minimum Gasteiger partial charge on any atom is -0.271 e. The predicted octanol–water partition coefficient (Wildman–Crippen LogP) is 1.37. The van der Waals surface area contributed by atoms with Crippen LogP contribution in [-0.2, 0) is 7.05 Å². The Hall–Kier alpha value is -0.460. The quantitative estimate of drug-likeness (QED) is 0.653. The first-order chi connectivity index (χ1) is 8.72. The molecule has 3 saturated carbocycles. The van der Waals surface area contributed by atoms with Crippen molar-refractivity contribution in [3.8, 4) is 0 Å². The smallest absolute Gasteiger partial charge is 0.153 e. The lowest BCUT2D eigenvalue weighted by Gasteiger charge is -2.19. The number of hydrazine groups is 1. The van der Waals surface area contributed by atoms with Crippen molar-refractivity contribution in [3.63, 3.8) is 0 Å². The molecular formula is C12H18BrN5. The zero-order valence-corrected chi connectivity index (χ0v) is 12.0. The second kappa shape index (κ2) is 3.77. The van der Waals surface area contributed by atoms with Crippen LogP contribution in [0.3, 0.4) is 0 Å². The van der Waals surface area contributed by atoms with E-state index in [1.54, 1.807) is 0 Å². The van der Waals surface area contributed by atoms with Crippen molar-refractivity contribution in [3.05, 3.63) is 10.3 Å². The average molecular weight is 312 g/mol. The third-order valence-electron chi connectivity index (χ3n) is 5.48. The molecule has 98 valence electrons. The van der Waals surface area contributed by atoms with Crippen molar-refractivity contribution < 1.29 is 0 Å². The Bertz CT molecular complexity index is 451. The van der Waals surface area contributed by atoms with Crippen LogP contribution in [-0.4, -0.2) is 15.0 Å². The summed E-state index contributed by atoms with van der Waals surface area (Å²) in [5.41, 5.74) is 4.11. The average Bonchev–Trinajstić information content (AvgIpc) is 2.69. The highest BCUT2D eigenvalue weighted by molar-refractivity contribution is 9.10. The number of aryl methyl sites for hydroxylation is 1. The van der Waals surface area contributed by atoms with Crippen molar-refractivity contribution in [1.29, 1.82) is 0 Å². The SMILES string of the molecule is Cn1nnc(Br)c1C(NN)C1C2C3CCC(C3)C21. The summed E-state index contributed by atoms with van der Waals surface area (Å²) in [6, 6.07) is 0.192. The number of rotatable bonds is 3. The highest BCUT2D eigenvalue weighted by Crippen LogP contribution is 2.72. The number of hydrogen-bond acceptors (Lipinski definition) is 4. The van der Waals surface area contributed by atoms with E-state index in [9.17, 15) is 0 Å². The number of nitrogens with one attached hydrogen (secondary N) is 1. The Morgan fingerprint density at radius 3 is 2.56 bits per heavy atom. The summed E-state index contributed by atoms with van der Waals surface area (Å²) in [7, 11) is 1.93. The Morgan fingerprint density at radius 1 is 1.39 bits per heavy atom. The van der Waals surface area contributed by atoms with Gasteiger partial charge in [0.1, 0.15) is 0 Å². The Balaban J connectivity index is 1.64. The second-order valence-electron chi connectivity index (χ2n) is 6.10. The topological polar surface area (TPSA) is 68.8 Å². The van der Waals surface area contributed by atoms with Gasteiger partial charge in [0.2, 0.25) is 0 Å². The molecule has 0 aliphatic heterocycles. The number of nitrogens with zero attached hydrogens (tertiary/aromatic N) is 3. The van der Waals surface area contributed by atoms with Gasteiger partial charge in [-0.3, -0.25) is 11.3 Å². The fourth-order valence-corrected chi connectivity index (χ4v) is 5.45. The molecule has 1 aromatic heterocycles. The summed E-state index contributed by atoms with van der Waals surface area (Å²) in [4.78, 5) is 0. The summed E-state index contributed by atoms with van der Waals surface area (Å²) in [5.74, 6) is 10.2. The van der Waals surface area contributed by atoms with Crippen LogP contribution >= 0.6 is 15.9 Å². The molecule has 5 nitrogen and oxygen atoms in total. The number of aromatic nitrogens is 3. The van der Waals surface area contributed by atoms with Crippen molar-refractivity contribution in [2.24, 2.45) is 42.5 Å². The van der Waals surface area contributed by atoms with Crippen LogP contribution in [0, 0.1) is 29.6 Å². The molecule has 2 bridgehead atoms. The lowest BCUT2D eigenvalue weighted by Crippen LogP contribution is -2.33. The predicted molar refractivity (Wildman–Crippen MR) is 70.1 cm³/mol. The summed E-state index contributed by atoms with van der Waals surface area (Å²) in [6.07, 6.45) is 4.34. The van der Waals surface area contributed by atoms with Crippen LogP contribution in [0.2, 0.25) is 0 Å². The van der Waals surface area contributed by atoms with Crippen LogP contribution in [0.15, 0.2) is 4.60 Å². The van der Waals surface area contributed by atoms with Gasteiger partial charge in [-0.15, -0.1) is 5.10 Å². The monoisotopic (exact) mass is 311 g/mol. The summed E-state index contributed by atoms with van der Waals surface area (Å²) < 4.78 is 2.66. The lowest BCUT2D eigenvalue weighted by molar-refractivity contribution is 0.360. The largest absolute Gasteiger partial charge is 0.271 e. The first kappa shape index (κ1) is 11.4. The van der Waals surface area contributed by atoms with E-state index < -0.39 is 0 Å². The highest BCUT2D eigenvalue weighted by atomic mass is 79.9. The maximum Gasteiger partial charge on any atom is 0.153 e. The van der Waals surface area contributed by atoms with Gasteiger partial charge in [-0.2, -0.15) is 0 Å². The van der Waals surface area contributed by atoms with E-state index in [1.165, 1.54) is 19.3 Å². The van der Waals surface area contributed by atoms with E-state index in [2.05, 4.69) is 31.7 Å². The molecule has 4 rings (SSSR count). The van der Waals surface area contributed by atoms with Gasteiger partial charge in [0.15, 0.2) is 4.60 Å². The summed E-state index contributed by atoms with van der Waals surface area (Å²) in [5, 5.41) is 8.14. The maximum absolute atomic E-state index is 5.82. The van der Waals surface area contributed by atoms with Gasteiger partial charge in [0.25, 0.3) is 0 Å². The first-order valence-corrected chi connectivity index (χ1v) is 7.53. The molecule has 1 aromatic rings. The molecule has 5 unspecified atom stereocenters. The van der Waals surface area contributed by atoms with E-state index in [4.69, 9.17) is 5.84 Å². The van der Waals surface area contributed by atoms with E-state index in [0.29, 0.717) is 5.92 Å². The first-order valence-electron chi connectivity index (χ1n) is 6.73. The molecule has 1 heterocycles. The van der Waals surface area contributed by atoms with Crippen molar-refractivity contribution in [2.45, 2.75) is 25.3 Å². The van der Waals surface area contributed by atoms with Crippen LogP contribution in [0.5, 0.6) is 0 Å². The minimum atomic E-state index is 0.192. The van der Waals surface area contributed by atoms with Gasteiger partial charge >= 0.3 is 0 Å². The van der Waals surface area contributed by atoms with Crippen LogP contribution < -0.4 is 11.3 Å². The molecule has 3 N–H and O–H groups in total. The highest BCUT2D eigenvalue weighted by Gasteiger charge is 2.67. The number of hydrogen-bond donors (Lipinski definition) is 2. The van der Waals surface area contributed by atoms with Crippen molar-refractivity contribution in [1.82, 2.24) is 20.4 Å². The number of fused-ring (bicyclic) bond motifs is 5. The standard InChI is InChI=1S/C12H18BrN5/c1-18-11(12(13)16-17-18)10(15-14)9-7-5-2-3-6(4-5)8(7)9/h5-10,15H,2-4,14H2,1H3. The van der Waals surface area contributed by atoms with E-state index in [-0.39, 0.29) is 6.04 Å². The van der Waals surface area contributed by atoms with Gasteiger partial charge in [0, 0.05) is 7.05 Å². The third-order valence-corrected chi connectivity index (χ3v) is 6.05. The van der Waals surface area contributed by atoms with Crippen molar-refractivity contribution >= 4 is 15.9 Å². The molecule has 0 radical (unpaired) electrons. The molecule has 0 spiro atoms. The molecule has 0 saturated heterocycles. The van der Waals surface area contributed by atoms with Crippen molar-refractivity contribution in [2.75, 3.05) is 0 Å². The van der Waals surface area contributed by atoms with Gasteiger partial charge in [-0.25, -0.2) is 4.68 Å². The molecule has 3 fully saturated rings. The minimum absolute atomic E-state index is 0.192. The number of halogens is 1. The van der Waals surface area contributed by atoms with Gasteiger partial charge in [0.05, 0.1) is 11.7 Å². The molecule has 3 aliphatic rings. The normalized spacial score (nSPS) is 42.1. The van der Waals surface area contributed by atoms with Gasteiger partial charge < -0.3 is 0 Å². The summed E-state index contributed by atoms with van der Waals surface area (Å²) >= 11 is 3.49. The van der Waals surface area contributed by atoms with Gasteiger partial charge in [-0.1, -0.05) is 5.21 Å². The fourth-order valence-electron chi connectivity index (χ4n) is 4.88. The molecule has 18 heavy (non-hydrogen) atoms. The Labute approximate surface area is 115 Å². The van der Waals surface area contributed by atoms with Gasteiger partial charge in [-0.05, 0) is 64.8 Å². The molecule has 3 aliphatic carbocycles. The Morgan fingerprint density at radius 2 is 2.06 bits per heavy atom. The maximum atomic E-state index is 5.82. The third kappa shape index (κ3) is 1.34. The zero-order valence-electron chi connectivity index (χ0n) is 10.4. The van der Waals surface area contributed by atoms with E-state index in [1.807, 2.05) is 11.7 Å². The molecule has 6 heteroatoms. The Kier molecular flexibility index (Phi) is 2.38. The summed E-state index contributed by atoms with van der Waals surface area (Å²) in [6.45, 7) is 0. The fraction of sp³-hybridized carbons (Fsp3) is 0.833. The van der Waals surface area contributed by atoms with E-state index in [0.717, 1.165) is 34.0 Å². The molecule has 0 aromatic carbocycles.